The average molecular weight is 382 g/mol. The second-order valence-electron chi connectivity index (χ2n) is 6.57. The molecule has 0 aliphatic carbocycles. The van der Waals surface area contributed by atoms with Crippen LogP contribution in [0.4, 0.5) is 4.39 Å². The molecule has 0 aliphatic rings. The molecule has 0 fully saturated rings. The number of amides is 1. The van der Waals surface area contributed by atoms with Gasteiger partial charge in [0.15, 0.2) is 11.7 Å². The van der Waals surface area contributed by atoms with E-state index in [1.165, 1.54) is 17.8 Å². The number of halogens is 1. The van der Waals surface area contributed by atoms with Gasteiger partial charge >= 0.3 is 0 Å². The van der Waals surface area contributed by atoms with Crippen LogP contribution in [0.5, 0.6) is 5.75 Å². The summed E-state index contributed by atoms with van der Waals surface area (Å²) in [5.74, 6) is 1.16. The third kappa shape index (κ3) is 5.19. The van der Waals surface area contributed by atoms with E-state index >= 15 is 0 Å². The maximum Gasteiger partial charge on any atom is 0.222 e. The van der Waals surface area contributed by atoms with Crippen LogP contribution in [0.25, 0.3) is 11.3 Å². The summed E-state index contributed by atoms with van der Waals surface area (Å²) in [7, 11) is 1.74. The first-order valence-electron chi connectivity index (χ1n) is 9.16. The van der Waals surface area contributed by atoms with Crippen LogP contribution >= 0.6 is 0 Å². The van der Waals surface area contributed by atoms with E-state index in [0.29, 0.717) is 36.8 Å². The maximum atomic E-state index is 13.8. The minimum Gasteiger partial charge on any atom is -0.492 e. The molecule has 1 heterocycles. The zero-order valence-corrected chi connectivity index (χ0v) is 16.0. The van der Waals surface area contributed by atoms with E-state index in [0.717, 1.165) is 5.75 Å². The van der Waals surface area contributed by atoms with E-state index < -0.39 is 0 Å². The number of likely N-dealkylation sites (N-methyl/N-ethyl adjacent to an activating group) is 1. The molecule has 1 aromatic heterocycles. The minimum absolute atomic E-state index is 0.0295. The van der Waals surface area contributed by atoms with E-state index in [9.17, 15) is 9.18 Å². The molecule has 146 valence electrons. The quantitative estimate of drug-likeness (QED) is 0.584. The molecule has 5 nitrogen and oxygen atoms in total. The van der Waals surface area contributed by atoms with Gasteiger partial charge in [0.05, 0.1) is 18.3 Å². The third-order valence-corrected chi connectivity index (χ3v) is 4.39. The normalized spacial score (nSPS) is 10.7. The second-order valence-corrected chi connectivity index (χ2v) is 6.57. The SMILES string of the molecule is Cc1ccc(OCCN(C)C(=O)CCc2ncc(-c3ccccc3F)o2)cc1. The predicted molar refractivity (Wildman–Crippen MR) is 105 cm³/mol. The highest BCUT2D eigenvalue weighted by Crippen LogP contribution is 2.23. The summed E-state index contributed by atoms with van der Waals surface area (Å²) >= 11 is 0. The fraction of sp³-hybridized carbons (Fsp3) is 0.273. The van der Waals surface area contributed by atoms with Crippen LogP contribution in [0.1, 0.15) is 17.9 Å². The van der Waals surface area contributed by atoms with Gasteiger partial charge in [0, 0.05) is 19.9 Å². The molecule has 3 aromatic rings. The highest BCUT2D eigenvalue weighted by atomic mass is 19.1. The van der Waals surface area contributed by atoms with Crippen molar-refractivity contribution in [1.29, 1.82) is 0 Å². The largest absolute Gasteiger partial charge is 0.492 e. The summed E-state index contributed by atoms with van der Waals surface area (Å²) in [6.45, 7) is 2.92. The highest BCUT2D eigenvalue weighted by molar-refractivity contribution is 5.76. The zero-order valence-electron chi connectivity index (χ0n) is 16.0. The minimum atomic E-state index is -0.366. The van der Waals surface area contributed by atoms with Gasteiger partial charge in [-0.25, -0.2) is 9.37 Å². The van der Waals surface area contributed by atoms with E-state index in [-0.39, 0.29) is 18.1 Å². The van der Waals surface area contributed by atoms with E-state index in [1.807, 2.05) is 31.2 Å². The Labute approximate surface area is 163 Å². The molecule has 0 spiro atoms. The first kappa shape index (κ1) is 19.6. The Hall–Kier alpha value is -3.15. The van der Waals surface area contributed by atoms with Crippen molar-refractivity contribution < 1.29 is 18.3 Å². The van der Waals surface area contributed by atoms with Crippen LogP contribution in [-0.4, -0.2) is 36.0 Å². The molecule has 28 heavy (non-hydrogen) atoms. The third-order valence-electron chi connectivity index (χ3n) is 4.39. The van der Waals surface area contributed by atoms with Gasteiger partial charge in [-0.15, -0.1) is 0 Å². The van der Waals surface area contributed by atoms with E-state index in [1.54, 1.807) is 30.1 Å². The number of nitrogens with zero attached hydrogens (tertiary/aromatic N) is 2. The number of hydrogen-bond donors (Lipinski definition) is 0. The summed E-state index contributed by atoms with van der Waals surface area (Å²) in [6, 6.07) is 14.1. The van der Waals surface area contributed by atoms with Crippen molar-refractivity contribution in [1.82, 2.24) is 9.88 Å². The fourth-order valence-corrected chi connectivity index (χ4v) is 2.68. The molecule has 3 rings (SSSR count). The van der Waals surface area contributed by atoms with Gasteiger partial charge in [0.2, 0.25) is 5.91 Å². The molecular weight excluding hydrogens is 359 g/mol. The molecule has 6 heteroatoms. The zero-order chi connectivity index (χ0) is 19.9. The number of benzene rings is 2. The first-order chi connectivity index (χ1) is 13.5. The van der Waals surface area contributed by atoms with Gasteiger partial charge in [-0.2, -0.15) is 0 Å². The van der Waals surface area contributed by atoms with Crippen molar-refractivity contribution in [2.24, 2.45) is 0 Å². The van der Waals surface area contributed by atoms with Crippen molar-refractivity contribution in [3.8, 4) is 17.1 Å². The molecule has 0 aliphatic heterocycles. The lowest BCUT2D eigenvalue weighted by Gasteiger charge is -2.17. The molecule has 0 unspecified atom stereocenters. The van der Waals surface area contributed by atoms with Crippen LogP contribution < -0.4 is 4.74 Å². The molecule has 0 radical (unpaired) electrons. The number of rotatable bonds is 8. The number of oxazole rings is 1. The fourth-order valence-electron chi connectivity index (χ4n) is 2.68. The lowest BCUT2D eigenvalue weighted by atomic mass is 10.2. The summed E-state index contributed by atoms with van der Waals surface area (Å²) in [6.07, 6.45) is 2.10. The molecule has 2 aromatic carbocycles. The van der Waals surface area contributed by atoms with Gasteiger partial charge in [-0.05, 0) is 31.2 Å². The summed E-state index contributed by atoms with van der Waals surface area (Å²) in [4.78, 5) is 18.0. The average Bonchev–Trinajstić information content (AvgIpc) is 3.16. The van der Waals surface area contributed by atoms with Crippen LogP contribution in [0.3, 0.4) is 0 Å². The Balaban J connectivity index is 1.44. The van der Waals surface area contributed by atoms with Crippen LogP contribution in [0, 0.1) is 12.7 Å². The molecule has 0 bridgehead atoms. The van der Waals surface area contributed by atoms with Gasteiger partial charge in [-0.1, -0.05) is 29.8 Å². The van der Waals surface area contributed by atoms with Crippen LogP contribution in [0.15, 0.2) is 59.1 Å². The molecule has 1 amide bonds. The van der Waals surface area contributed by atoms with E-state index in [2.05, 4.69) is 4.98 Å². The summed E-state index contributed by atoms with van der Waals surface area (Å²) < 4.78 is 25.0. The Morgan fingerprint density at radius 3 is 2.68 bits per heavy atom. The topological polar surface area (TPSA) is 55.6 Å². The Morgan fingerprint density at radius 2 is 1.93 bits per heavy atom. The Bertz CT molecular complexity index is 922. The van der Waals surface area contributed by atoms with Gasteiger partial charge in [-0.3, -0.25) is 4.79 Å². The number of aromatic nitrogens is 1. The molecular formula is C22H23FN2O3. The predicted octanol–water partition coefficient (Wildman–Crippen LogP) is 4.26. The van der Waals surface area contributed by atoms with E-state index in [4.69, 9.17) is 9.15 Å². The van der Waals surface area contributed by atoms with Crippen LogP contribution in [-0.2, 0) is 11.2 Å². The summed E-state index contributed by atoms with van der Waals surface area (Å²) in [5.41, 5.74) is 1.53. The van der Waals surface area contributed by atoms with Gasteiger partial charge < -0.3 is 14.1 Å². The Morgan fingerprint density at radius 1 is 1.18 bits per heavy atom. The van der Waals surface area contributed by atoms with Crippen LogP contribution in [0.2, 0.25) is 0 Å². The van der Waals surface area contributed by atoms with Gasteiger partial charge in [0.1, 0.15) is 18.2 Å². The smallest absolute Gasteiger partial charge is 0.222 e. The first-order valence-corrected chi connectivity index (χ1v) is 9.16. The number of carbonyl (C=O) groups is 1. The molecule has 0 N–H and O–H groups in total. The lowest BCUT2D eigenvalue weighted by Crippen LogP contribution is -2.31. The number of hydrogen-bond acceptors (Lipinski definition) is 4. The molecule has 0 saturated carbocycles. The maximum absolute atomic E-state index is 13.8. The number of aryl methyl sites for hydroxylation is 2. The highest BCUT2D eigenvalue weighted by Gasteiger charge is 2.13. The molecule has 0 atom stereocenters. The summed E-state index contributed by atoms with van der Waals surface area (Å²) in [5, 5.41) is 0. The Kier molecular flexibility index (Phi) is 6.42. The van der Waals surface area contributed by atoms with Gasteiger partial charge in [0.25, 0.3) is 0 Å². The second kappa shape index (κ2) is 9.17. The van der Waals surface area contributed by atoms with Crippen molar-refractivity contribution in [2.75, 3.05) is 20.2 Å². The van der Waals surface area contributed by atoms with Crippen molar-refractivity contribution in [3.05, 3.63) is 72.0 Å². The lowest BCUT2D eigenvalue weighted by molar-refractivity contribution is -0.130. The molecule has 0 saturated heterocycles. The monoisotopic (exact) mass is 382 g/mol. The number of carbonyl (C=O) groups excluding carboxylic acids is 1. The van der Waals surface area contributed by atoms with Crippen molar-refractivity contribution in [3.63, 3.8) is 0 Å². The standard InChI is InChI=1S/C22H23FN2O3/c1-16-7-9-17(10-8-16)27-14-13-25(2)22(26)12-11-21-24-15-20(28-21)18-5-3-4-6-19(18)23/h3-10,15H,11-14H2,1-2H3. The number of ether oxygens (including phenoxy) is 1. The van der Waals surface area contributed by atoms with Crippen molar-refractivity contribution in [2.45, 2.75) is 19.8 Å². The van der Waals surface area contributed by atoms with Crippen molar-refractivity contribution >= 4 is 5.91 Å².